The molecule has 1 aliphatic heterocycles. The van der Waals surface area contributed by atoms with Gasteiger partial charge in [0.25, 0.3) is 5.91 Å². The first-order chi connectivity index (χ1) is 21.5. The Morgan fingerprint density at radius 1 is 0.978 bits per heavy atom. The molecule has 5 atom stereocenters. The lowest BCUT2D eigenvalue weighted by Crippen LogP contribution is -2.60. The summed E-state index contributed by atoms with van der Waals surface area (Å²) in [6, 6.07) is -2.52. The van der Waals surface area contributed by atoms with Gasteiger partial charge in [0, 0.05) is 13.1 Å². The summed E-state index contributed by atoms with van der Waals surface area (Å²) in [5.41, 5.74) is -0.541. The van der Waals surface area contributed by atoms with Gasteiger partial charge in [-0.25, -0.2) is 4.79 Å². The zero-order valence-corrected chi connectivity index (χ0v) is 27.3. The van der Waals surface area contributed by atoms with Gasteiger partial charge < -0.3 is 25.6 Å². The maximum absolute atomic E-state index is 14.4. The Bertz CT molecular complexity index is 1190. The standard InChI is InChI=1S/C35H52N4O6/c1-5-9-25(29(40)31(42)36-12-6-2)37-30(41)28-26-24(34(26,3)4)19-39(28)32(43)27(23-10-7-8-11-23)38-33(44)45-35-16-20-13-21(17-35)15-22(14-20)18-35/h6,20-28H,2,5,7-19H2,1,3-4H3,(H,36,42)(H,37,41)(H,38,44)/t20?,21?,22?,24?,25?,26?,27-,28-,35?/m0/s1. The number of nitrogens with zero attached hydrogens (tertiary/aromatic N) is 1. The van der Waals surface area contributed by atoms with Gasteiger partial charge in [-0.15, -0.1) is 6.58 Å². The molecule has 6 aliphatic carbocycles. The predicted octanol–water partition coefficient (Wildman–Crippen LogP) is 3.88. The quantitative estimate of drug-likeness (QED) is 0.223. The van der Waals surface area contributed by atoms with Gasteiger partial charge in [0.05, 0.1) is 6.04 Å². The Balaban J connectivity index is 1.18. The Hall–Kier alpha value is -2.91. The van der Waals surface area contributed by atoms with Crippen LogP contribution in [-0.2, 0) is 23.9 Å². The number of amides is 4. The molecule has 4 amide bonds. The van der Waals surface area contributed by atoms with Crippen molar-refractivity contribution in [1.29, 1.82) is 0 Å². The number of hydrogen-bond acceptors (Lipinski definition) is 6. The highest BCUT2D eigenvalue weighted by Crippen LogP contribution is 2.65. The topological polar surface area (TPSA) is 134 Å². The van der Waals surface area contributed by atoms with Crippen LogP contribution in [0.3, 0.4) is 0 Å². The first-order valence-electron chi connectivity index (χ1n) is 17.5. The van der Waals surface area contributed by atoms with E-state index in [1.165, 1.54) is 25.3 Å². The molecule has 1 saturated heterocycles. The van der Waals surface area contributed by atoms with Crippen molar-refractivity contribution in [2.75, 3.05) is 13.1 Å². The zero-order valence-electron chi connectivity index (χ0n) is 27.3. The number of rotatable bonds is 12. The van der Waals surface area contributed by atoms with Crippen LogP contribution in [0.5, 0.6) is 0 Å². The van der Waals surface area contributed by atoms with Gasteiger partial charge in [0.1, 0.15) is 17.7 Å². The summed E-state index contributed by atoms with van der Waals surface area (Å²) in [7, 11) is 0. The van der Waals surface area contributed by atoms with Crippen LogP contribution in [0.1, 0.15) is 97.8 Å². The zero-order chi connectivity index (χ0) is 32.1. The van der Waals surface area contributed by atoms with Gasteiger partial charge in [0.2, 0.25) is 17.6 Å². The molecule has 0 aromatic carbocycles. The lowest BCUT2D eigenvalue weighted by Gasteiger charge is -2.55. The molecule has 3 unspecified atom stereocenters. The number of piperidine rings is 1. The van der Waals surface area contributed by atoms with Crippen LogP contribution in [0.4, 0.5) is 4.79 Å². The first-order valence-corrected chi connectivity index (χ1v) is 17.5. The van der Waals surface area contributed by atoms with Crippen molar-refractivity contribution in [1.82, 2.24) is 20.9 Å². The molecule has 3 N–H and O–H groups in total. The van der Waals surface area contributed by atoms with E-state index in [2.05, 4.69) is 36.4 Å². The summed E-state index contributed by atoms with van der Waals surface area (Å²) >= 11 is 0. The Morgan fingerprint density at radius 3 is 2.18 bits per heavy atom. The number of alkyl carbamates (subject to hydrolysis) is 1. The number of likely N-dealkylation sites (tertiary alicyclic amines) is 1. The van der Waals surface area contributed by atoms with E-state index in [0.717, 1.165) is 44.9 Å². The summed E-state index contributed by atoms with van der Waals surface area (Å²) in [6.07, 6.45) is 12.1. The summed E-state index contributed by atoms with van der Waals surface area (Å²) < 4.78 is 6.27. The molecule has 0 aromatic rings. The average Bonchev–Trinajstić information content (AvgIpc) is 3.42. The van der Waals surface area contributed by atoms with E-state index in [9.17, 15) is 24.0 Å². The minimum Gasteiger partial charge on any atom is -0.443 e. The van der Waals surface area contributed by atoms with Crippen LogP contribution in [0.15, 0.2) is 12.7 Å². The van der Waals surface area contributed by atoms with Gasteiger partial charge in [-0.1, -0.05) is 46.1 Å². The summed E-state index contributed by atoms with van der Waals surface area (Å²) in [5, 5.41) is 8.39. The number of fused-ring (bicyclic) bond motifs is 1. The molecule has 1 heterocycles. The maximum Gasteiger partial charge on any atom is 0.408 e. The second kappa shape index (κ2) is 12.4. The van der Waals surface area contributed by atoms with Crippen LogP contribution < -0.4 is 16.0 Å². The molecule has 10 nitrogen and oxygen atoms in total. The van der Waals surface area contributed by atoms with Gasteiger partial charge >= 0.3 is 6.09 Å². The molecule has 0 spiro atoms. The van der Waals surface area contributed by atoms with Gasteiger partial charge in [-0.3, -0.25) is 19.2 Å². The van der Waals surface area contributed by atoms with Crippen molar-refractivity contribution in [3.63, 3.8) is 0 Å². The van der Waals surface area contributed by atoms with Crippen LogP contribution in [0, 0.1) is 40.9 Å². The Morgan fingerprint density at radius 2 is 1.60 bits per heavy atom. The summed E-state index contributed by atoms with van der Waals surface area (Å²) in [5.74, 6) is -0.148. The minimum absolute atomic E-state index is 0.0157. The molecular weight excluding hydrogens is 572 g/mol. The van der Waals surface area contributed by atoms with Crippen molar-refractivity contribution in [3.05, 3.63) is 12.7 Å². The smallest absolute Gasteiger partial charge is 0.408 e. The van der Waals surface area contributed by atoms with Crippen LogP contribution in [0.2, 0.25) is 0 Å². The maximum atomic E-state index is 14.4. The van der Waals surface area contributed by atoms with E-state index in [1.54, 1.807) is 4.90 Å². The largest absolute Gasteiger partial charge is 0.443 e. The van der Waals surface area contributed by atoms with E-state index < -0.39 is 47.4 Å². The molecule has 0 aromatic heterocycles. The van der Waals surface area contributed by atoms with E-state index in [0.29, 0.717) is 37.1 Å². The highest BCUT2D eigenvalue weighted by Gasteiger charge is 2.70. The normalized spacial score (nSPS) is 35.2. The monoisotopic (exact) mass is 624 g/mol. The molecule has 45 heavy (non-hydrogen) atoms. The van der Waals surface area contributed by atoms with E-state index in [4.69, 9.17) is 4.74 Å². The highest BCUT2D eigenvalue weighted by atomic mass is 16.6. The molecule has 7 fully saturated rings. The number of nitrogens with one attached hydrogen (secondary N) is 3. The molecule has 10 heteroatoms. The van der Waals surface area contributed by atoms with Crippen LogP contribution in [-0.4, -0.2) is 71.3 Å². The number of carbonyl (C=O) groups is 5. The first kappa shape index (κ1) is 32.0. The second-order valence-electron chi connectivity index (χ2n) is 15.8. The van der Waals surface area contributed by atoms with E-state index >= 15 is 0 Å². The number of ketones is 1. The number of hydrogen-bond donors (Lipinski definition) is 3. The molecule has 0 radical (unpaired) electrons. The van der Waals surface area contributed by atoms with Crippen LogP contribution in [0.25, 0.3) is 0 Å². The summed E-state index contributed by atoms with van der Waals surface area (Å²) in [4.78, 5) is 69.1. The van der Waals surface area contributed by atoms with Crippen LogP contribution >= 0.6 is 0 Å². The molecule has 4 bridgehead atoms. The number of ether oxygens (including phenoxy) is 1. The minimum atomic E-state index is -0.982. The molecule has 248 valence electrons. The predicted molar refractivity (Wildman–Crippen MR) is 168 cm³/mol. The van der Waals surface area contributed by atoms with Crippen molar-refractivity contribution in [2.45, 2.75) is 122 Å². The molecule has 6 saturated carbocycles. The molecular formula is C35H52N4O6. The third kappa shape index (κ3) is 6.14. The van der Waals surface area contributed by atoms with Crippen molar-refractivity contribution in [3.8, 4) is 0 Å². The van der Waals surface area contributed by atoms with E-state index in [1.807, 2.05) is 6.92 Å². The van der Waals surface area contributed by atoms with E-state index in [-0.39, 0.29) is 35.6 Å². The van der Waals surface area contributed by atoms with Gasteiger partial charge in [-0.05, 0) is 98.7 Å². The third-order valence-corrected chi connectivity index (χ3v) is 12.3. The lowest BCUT2D eigenvalue weighted by molar-refractivity contribution is -0.145. The fourth-order valence-electron chi connectivity index (χ4n) is 10.4. The highest BCUT2D eigenvalue weighted by molar-refractivity contribution is 6.38. The Kier molecular flexibility index (Phi) is 8.80. The van der Waals surface area contributed by atoms with Crippen molar-refractivity contribution < 1.29 is 28.7 Å². The fourth-order valence-corrected chi connectivity index (χ4v) is 10.4. The van der Waals surface area contributed by atoms with Gasteiger partial charge in [0.15, 0.2) is 0 Å². The fraction of sp³-hybridized carbons (Fsp3) is 0.800. The molecule has 7 aliphatic rings. The number of Topliss-reactive ketones (excluding diaryl/α,β-unsaturated/α-hetero) is 1. The van der Waals surface area contributed by atoms with Crippen molar-refractivity contribution >= 4 is 29.6 Å². The average molecular weight is 625 g/mol. The number of carbonyl (C=O) groups excluding carboxylic acids is 5. The lowest BCUT2D eigenvalue weighted by atomic mass is 9.54. The third-order valence-electron chi connectivity index (χ3n) is 12.3. The van der Waals surface area contributed by atoms with Crippen molar-refractivity contribution in [2.24, 2.45) is 40.9 Å². The molecule has 7 rings (SSSR count). The summed E-state index contributed by atoms with van der Waals surface area (Å²) in [6.45, 7) is 10.3. The second-order valence-corrected chi connectivity index (χ2v) is 15.8. The Labute approximate surface area is 267 Å². The van der Waals surface area contributed by atoms with Gasteiger partial charge in [-0.2, -0.15) is 0 Å². The SMILES string of the molecule is C=CCNC(=O)C(=O)C(CCC)NC(=O)[C@@H]1C2C(CN1C(=O)[C@@H](NC(=O)OC13CC4CC(CC(C4)C1)C3)C1CCCC1)C2(C)C.